The van der Waals surface area contributed by atoms with Gasteiger partial charge >= 0.3 is 6.09 Å². The van der Waals surface area contributed by atoms with Crippen LogP contribution in [-0.2, 0) is 21.4 Å². The van der Waals surface area contributed by atoms with Crippen molar-refractivity contribution in [3.8, 4) is 0 Å². The number of amides is 1. The quantitative estimate of drug-likeness (QED) is 0.721. The Morgan fingerprint density at radius 3 is 2.54 bits per heavy atom. The van der Waals surface area contributed by atoms with E-state index in [-0.39, 0.29) is 17.0 Å². The minimum absolute atomic E-state index is 0.0352. The van der Waals surface area contributed by atoms with Crippen molar-refractivity contribution >= 4 is 32.0 Å². The standard InChI is InChI=1S/C17H22BrN3O4S/c1-12-6-7-14(9-19-12)26(23,24)21-10-13(8-15(21)18)11-25-16(22)20(5)17(2,3)4/h6-10H,11H2,1-5H3. The van der Waals surface area contributed by atoms with Gasteiger partial charge in [-0.15, -0.1) is 0 Å². The molecule has 0 saturated carbocycles. The van der Waals surface area contributed by atoms with Gasteiger partial charge < -0.3 is 9.64 Å². The number of aromatic nitrogens is 2. The van der Waals surface area contributed by atoms with Crippen LogP contribution in [0, 0.1) is 6.92 Å². The van der Waals surface area contributed by atoms with Crippen molar-refractivity contribution in [2.45, 2.75) is 44.7 Å². The average molecular weight is 444 g/mol. The summed E-state index contributed by atoms with van der Waals surface area (Å²) < 4.78 is 32.2. The highest BCUT2D eigenvalue weighted by molar-refractivity contribution is 9.10. The van der Waals surface area contributed by atoms with Crippen LogP contribution in [0.3, 0.4) is 0 Å². The van der Waals surface area contributed by atoms with Gasteiger partial charge in [-0.25, -0.2) is 17.2 Å². The summed E-state index contributed by atoms with van der Waals surface area (Å²) in [6, 6.07) is 4.74. The molecule has 1 amide bonds. The number of pyridine rings is 1. The molecule has 7 nitrogen and oxygen atoms in total. The Morgan fingerprint density at radius 2 is 2.00 bits per heavy atom. The molecule has 142 valence electrons. The molecule has 0 unspecified atom stereocenters. The number of nitrogens with zero attached hydrogens (tertiary/aromatic N) is 3. The van der Waals surface area contributed by atoms with E-state index >= 15 is 0 Å². The zero-order valence-corrected chi connectivity index (χ0v) is 17.8. The van der Waals surface area contributed by atoms with Crippen LogP contribution >= 0.6 is 15.9 Å². The fourth-order valence-electron chi connectivity index (χ4n) is 1.97. The van der Waals surface area contributed by atoms with E-state index in [1.807, 2.05) is 20.8 Å². The Kier molecular flexibility index (Phi) is 5.82. The number of ether oxygens (including phenoxy) is 1. The topological polar surface area (TPSA) is 81.5 Å². The molecule has 0 aliphatic rings. The third-order valence-electron chi connectivity index (χ3n) is 3.88. The van der Waals surface area contributed by atoms with Gasteiger partial charge in [0.15, 0.2) is 0 Å². The minimum atomic E-state index is -3.79. The maximum atomic E-state index is 12.7. The smallest absolute Gasteiger partial charge is 0.410 e. The number of carbonyl (C=O) groups is 1. The van der Waals surface area contributed by atoms with Crippen molar-refractivity contribution in [3.63, 3.8) is 0 Å². The van der Waals surface area contributed by atoms with Crippen LogP contribution in [0.1, 0.15) is 32.0 Å². The highest BCUT2D eigenvalue weighted by Crippen LogP contribution is 2.23. The molecule has 0 fully saturated rings. The first-order valence-electron chi connectivity index (χ1n) is 7.88. The molecule has 26 heavy (non-hydrogen) atoms. The zero-order chi connectivity index (χ0) is 19.7. The number of hydrogen-bond acceptors (Lipinski definition) is 5. The Bertz CT molecular complexity index is 899. The maximum Gasteiger partial charge on any atom is 0.410 e. The van der Waals surface area contributed by atoms with Crippen molar-refractivity contribution < 1.29 is 17.9 Å². The van der Waals surface area contributed by atoms with E-state index in [0.29, 0.717) is 10.2 Å². The van der Waals surface area contributed by atoms with Gasteiger partial charge in [-0.3, -0.25) is 4.98 Å². The predicted molar refractivity (Wildman–Crippen MR) is 101 cm³/mol. The van der Waals surface area contributed by atoms with Gasteiger partial charge in [-0.2, -0.15) is 0 Å². The fourth-order valence-corrected chi connectivity index (χ4v) is 4.14. The molecule has 0 aliphatic heterocycles. The number of hydrogen-bond donors (Lipinski definition) is 0. The largest absolute Gasteiger partial charge is 0.444 e. The van der Waals surface area contributed by atoms with E-state index in [2.05, 4.69) is 20.9 Å². The van der Waals surface area contributed by atoms with Gasteiger partial charge in [-0.1, -0.05) is 0 Å². The SMILES string of the molecule is Cc1ccc(S(=O)(=O)n2cc(COC(=O)N(C)C(C)(C)C)cc2Br)cn1. The molecule has 0 N–H and O–H groups in total. The first-order chi connectivity index (χ1) is 11.9. The Hall–Kier alpha value is -1.87. The van der Waals surface area contributed by atoms with Gasteiger partial charge in [0.2, 0.25) is 0 Å². The van der Waals surface area contributed by atoms with E-state index in [4.69, 9.17) is 4.74 Å². The van der Waals surface area contributed by atoms with Crippen LogP contribution in [-0.4, -0.2) is 41.0 Å². The molecule has 0 atom stereocenters. The summed E-state index contributed by atoms with van der Waals surface area (Å²) in [6.45, 7) is 7.42. The summed E-state index contributed by atoms with van der Waals surface area (Å²) in [7, 11) is -2.14. The summed E-state index contributed by atoms with van der Waals surface area (Å²) in [5.41, 5.74) is 0.910. The average Bonchev–Trinajstić information content (AvgIpc) is 2.93. The second kappa shape index (κ2) is 7.40. The van der Waals surface area contributed by atoms with Crippen molar-refractivity contribution in [1.82, 2.24) is 13.9 Å². The first-order valence-corrected chi connectivity index (χ1v) is 10.1. The number of rotatable bonds is 4. The van der Waals surface area contributed by atoms with Gasteiger partial charge in [0, 0.05) is 36.2 Å². The number of halogens is 1. The molecule has 2 aromatic rings. The van der Waals surface area contributed by atoms with Gasteiger partial charge in [0.1, 0.15) is 16.1 Å². The molecule has 2 heterocycles. The van der Waals surface area contributed by atoms with E-state index in [1.54, 1.807) is 26.1 Å². The van der Waals surface area contributed by atoms with E-state index in [1.165, 1.54) is 23.4 Å². The van der Waals surface area contributed by atoms with Crippen LogP contribution in [0.4, 0.5) is 4.79 Å². The Morgan fingerprint density at radius 1 is 1.35 bits per heavy atom. The van der Waals surface area contributed by atoms with Crippen molar-refractivity contribution in [2.75, 3.05) is 7.05 Å². The first kappa shape index (κ1) is 20.4. The molecule has 0 aromatic carbocycles. The normalized spacial score (nSPS) is 12.1. The van der Waals surface area contributed by atoms with E-state index < -0.39 is 16.1 Å². The third-order valence-corrected chi connectivity index (χ3v) is 6.38. The van der Waals surface area contributed by atoms with Gasteiger partial charge in [0.25, 0.3) is 10.0 Å². The van der Waals surface area contributed by atoms with Crippen molar-refractivity contribution in [2.24, 2.45) is 0 Å². The van der Waals surface area contributed by atoms with Gasteiger partial charge in [0.05, 0.1) is 0 Å². The Balaban J connectivity index is 2.19. The van der Waals surface area contributed by atoms with Crippen molar-refractivity contribution in [3.05, 3.63) is 46.5 Å². The molecular formula is C17H22BrN3O4S. The summed E-state index contributed by atoms with van der Waals surface area (Å²) in [4.78, 5) is 17.6. The van der Waals surface area contributed by atoms with Crippen molar-refractivity contribution in [1.29, 1.82) is 0 Å². The summed E-state index contributed by atoms with van der Waals surface area (Å²) in [6.07, 6.45) is 2.26. The molecular weight excluding hydrogens is 422 g/mol. The summed E-state index contributed by atoms with van der Waals surface area (Å²) in [5.74, 6) is 0. The van der Waals surface area contributed by atoms with E-state index in [9.17, 15) is 13.2 Å². The number of carbonyl (C=O) groups excluding carboxylic acids is 1. The molecule has 0 bridgehead atoms. The Labute approximate surface area is 162 Å². The fraction of sp³-hybridized carbons (Fsp3) is 0.412. The second-order valence-electron chi connectivity index (χ2n) is 6.89. The highest BCUT2D eigenvalue weighted by atomic mass is 79.9. The predicted octanol–water partition coefficient (Wildman–Crippen LogP) is 3.56. The summed E-state index contributed by atoms with van der Waals surface area (Å²) >= 11 is 3.24. The molecule has 9 heteroatoms. The lowest BCUT2D eigenvalue weighted by atomic mass is 10.1. The molecule has 2 aromatic heterocycles. The highest BCUT2D eigenvalue weighted by Gasteiger charge is 2.24. The second-order valence-corrected chi connectivity index (χ2v) is 9.52. The lowest BCUT2D eigenvalue weighted by Crippen LogP contribution is -2.42. The maximum absolute atomic E-state index is 12.7. The van der Waals surface area contributed by atoms with Crippen LogP contribution in [0.2, 0.25) is 0 Å². The summed E-state index contributed by atoms with van der Waals surface area (Å²) in [5, 5.41) is 0. The monoisotopic (exact) mass is 443 g/mol. The lowest BCUT2D eigenvalue weighted by Gasteiger charge is -2.30. The number of aryl methyl sites for hydroxylation is 1. The van der Waals surface area contributed by atoms with Crippen LogP contribution in [0.15, 0.2) is 40.1 Å². The molecule has 0 spiro atoms. The third kappa shape index (κ3) is 4.45. The van der Waals surface area contributed by atoms with Crippen LogP contribution < -0.4 is 0 Å². The molecule has 2 rings (SSSR count). The minimum Gasteiger partial charge on any atom is -0.444 e. The molecule has 0 saturated heterocycles. The molecule has 0 aliphatic carbocycles. The van der Waals surface area contributed by atoms with Crippen LogP contribution in [0.25, 0.3) is 0 Å². The lowest BCUT2D eigenvalue weighted by molar-refractivity contribution is 0.0759. The van der Waals surface area contributed by atoms with Crippen LogP contribution in [0.5, 0.6) is 0 Å². The van der Waals surface area contributed by atoms with Gasteiger partial charge in [-0.05, 0) is 61.8 Å². The van der Waals surface area contributed by atoms with E-state index in [0.717, 1.165) is 9.67 Å². The molecule has 0 radical (unpaired) electrons. The zero-order valence-electron chi connectivity index (χ0n) is 15.4.